The summed E-state index contributed by atoms with van der Waals surface area (Å²) in [5.41, 5.74) is 2.83. The van der Waals surface area contributed by atoms with Crippen molar-refractivity contribution in [3.05, 3.63) is 59.9 Å². The molecule has 142 valence electrons. The fourth-order valence-corrected chi connectivity index (χ4v) is 3.73. The molecule has 0 atom stereocenters. The summed E-state index contributed by atoms with van der Waals surface area (Å²) < 4.78 is 20.3. The summed E-state index contributed by atoms with van der Waals surface area (Å²) in [4.78, 5) is 18.8. The fourth-order valence-electron chi connectivity index (χ4n) is 2.75. The second-order valence-corrected chi connectivity index (χ2v) is 7.13. The van der Waals surface area contributed by atoms with Gasteiger partial charge in [-0.05, 0) is 29.8 Å². The summed E-state index contributed by atoms with van der Waals surface area (Å²) in [6, 6.07) is 14.1. The molecular weight excluding hydrogens is 365 g/mol. The van der Waals surface area contributed by atoms with Crippen molar-refractivity contribution in [2.24, 2.45) is 0 Å². The number of carbonyl (C=O) groups is 1. The number of benzene rings is 2. The SMILES string of the molecule is COCCn1c(SCC(=O)N(C)Cc2ccc(F)cc2)nc2ccccc21. The molecule has 1 amide bonds. The standard InChI is InChI=1S/C20H22FN3O2S/c1-23(13-15-7-9-16(21)10-8-15)19(25)14-27-20-22-17-5-3-4-6-18(17)24(20)11-12-26-2/h3-10H,11-14H2,1-2H3. The van der Waals surface area contributed by atoms with E-state index < -0.39 is 0 Å². The average Bonchev–Trinajstić information content (AvgIpc) is 3.03. The molecule has 0 aliphatic carbocycles. The third kappa shape index (κ3) is 4.87. The predicted octanol–water partition coefficient (Wildman–Crippen LogP) is 3.57. The number of hydrogen-bond donors (Lipinski definition) is 0. The number of aromatic nitrogens is 2. The smallest absolute Gasteiger partial charge is 0.233 e. The van der Waals surface area contributed by atoms with Crippen molar-refractivity contribution in [2.75, 3.05) is 26.5 Å². The van der Waals surface area contributed by atoms with Gasteiger partial charge in [-0.15, -0.1) is 0 Å². The van der Waals surface area contributed by atoms with E-state index in [0.717, 1.165) is 21.8 Å². The van der Waals surface area contributed by atoms with Gasteiger partial charge in [0.15, 0.2) is 5.16 Å². The summed E-state index contributed by atoms with van der Waals surface area (Å²) in [5, 5.41) is 0.803. The molecule has 3 rings (SSSR count). The van der Waals surface area contributed by atoms with E-state index in [1.165, 1.54) is 23.9 Å². The maximum absolute atomic E-state index is 13.0. The number of nitrogens with zero attached hydrogens (tertiary/aromatic N) is 3. The van der Waals surface area contributed by atoms with Gasteiger partial charge in [-0.1, -0.05) is 36.0 Å². The number of amides is 1. The van der Waals surface area contributed by atoms with E-state index in [1.807, 2.05) is 24.3 Å². The molecule has 5 nitrogen and oxygen atoms in total. The van der Waals surface area contributed by atoms with Crippen LogP contribution in [0, 0.1) is 5.82 Å². The first-order chi connectivity index (χ1) is 13.1. The maximum atomic E-state index is 13.0. The lowest BCUT2D eigenvalue weighted by atomic mass is 10.2. The summed E-state index contributed by atoms with van der Waals surface area (Å²) in [6.07, 6.45) is 0. The zero-order valence-corrected chi connectivity index (χ0v) is 16.2. The van der Waals surface area contributed by atoms with Gasteiger partial charge in [0, 0.05) is 27.2 Å². The molecule has 0 spiro atoms. The quantitative estimate of drug-likeness (QED) is 0.555. The van der Waals surface area contributed by atoms with Crippen molar-refractivity contribution in [1.29, 1.82) is 0 Å². The molecule has 0 saturated carbocycles. The minimum atomic E-state index is -0.279. The van der Waals surface area contributed by atoms with Gasteiger partial charge in [-0.25, -0.2) is 9.37 Å². The number of thioether (sulfide) groups is 1. The van der Waals surface area contributed by atoms with Crippen molar-refractivity contribution < 1.29 is 13.9 Å². The first-order valence-electron chi connectivity index (χ1n) is 8.64. The summed E-state index contributed by atoms with van der Waals surface area (Å²) in [6.45, 7) is 1.70. The van der Waals surface area contributed by atoms with Crippen LogP contribution in [0.5, 0.6) is 0 Å². The number of hydrogen-bond acceptors (Lipinski definition) is 4. The molecule has 0 aliphatic heterocycles. The Labute approximate surface area is 162 Å². The zero-order chi connectivity index (χ0) is 19.2. The molecular formula is C20H22FN3O2S. The van der Waals surface area contributed by atoms with E-state index in [-0.39, 0.29) is 17.5 Å². The summed E-state index contributed by atoms with van der Waals surface area (Å²) in [5.74, 6) is 0.00138. The zero-order valence-electron chi connectivity index (χ0n) is 15.4. The maximum Gasteiger partial charge on any atom is 0.233 e. The number of methoxy groups -OCH3 is 1. The number of rotatable bonds is 8. The summed E-state index contributed by atoms with van der Waals surface area (Å²) >= 11 is 1.42. The Morgan fingerprint density at radius 1 is 1.22 bits per heavy atom. The number of ether oxygens (including phenoxy) is 1. The second kappa shape index (κ2) is 9.01. The van der Waals surface area contributed by atoms with Gasteiger partial charge >= 0.3 is 0 Å². The Kier molecular flexibility index (Phi) is 6.47. The van der Waals surface area contributed by atoms with Crippen LogP contribution in [0.1, 0.15) is 5.56 Å². The topological polar surface area (TPSA) is 47.4 Å². The molecule has 3 aromatic rings. The van der Waals surface area contributed by atoms with Gasteiger partial charge in [0.2, 0.25) is 5.91 Å². The highest BCUT2D eigenvalue weighted by Crippen LogP contribution is 2.24. The second-order valence-electron chi connectivity index (χ2n) is 6.19. The van der Waals surface area contributed by atoms with E-state index in [4.69, 9.17) is 4.74 Å². The van der Waals surface area contributed by atoms with Crippen LogP contribution in [0.25, 0.3) is 11.0 Å². The summed E-state index contributed by atoms with van der Waals surface area (Å²) in [7, 11) is 3.42. The molecule has 2 aromatic carbocycles. The minimum Gasteiger partial charge on any atom is -0.383 e. The Balaban J connectivity index is 1.66. The molecule has 27 heavy (non-hydrogen) atoms. The number of para-hydroxylation sites is 2. The van der Waals surface area contributed by atoms with Gasteiger partial charge in [-0.3, -0.25) is 4.79 Å². The van der Waals surface area contributed by atoms with E-state index in [1.54, 1.807) is 31.2 Å². The predicted molar refractivity (Wildman–Crippen MR) is 105 cm³/mol. The number of halogens is 1. The Morgan fingerprint density at radius 2 is 1.96 bits per heavy atom. The molecule has 1 aromatic heterocycles. The molecule has 0 N–H and O–H groups in total. The highest BCUT2D eigenvalue weighted by atomic mass is 32.2. The van der Waals surface area contributed by atoms with Crippen LogP contribution in [0.3, 0.4) is 0 Å². The largest absolute Gasteiger partial charge is 0.383 e. The van der Waals surface area contributed by atoms with Gasteiger partial charge in [0.25, 0.3) is 0 Å². The average molecular weight is 387 g/mol. The van der Waals surface area contributed by atoms with Crippen LogP contribution in [0.15, 0.2) is 53.7 Å². The van der Waals surface area contributed by atoms with Gasteiger partial charge in [0.05, 0.1) is 23.4 Å². The molecule has 0 unspecified atom stereocenters. The first-order valence-corrected chi connectivity index (χ1v) is 9.62. The van der Waals surface area contributed by atoms with E-state index in [9.17, 15) is 9.18 Å². The molecule has 0 fully saturated rings. The molecule has 0 aliphatic rings. The highest BCUT2D eigenvalue weighted by Gasteiger charge is 2.15. The monoisotopic (exact) mass is 387 g/mol. The molecule has 7 heteroatoms. The highest BCUT2D eigenvalue weighted by molar-refractivity contribution is 7.99. The normalized spacial score (nSPS) is 11.1. The van der Waals surface area contributed by atoms with Crippen LogP contribution >= 0.6 is 11.8 Å². The van der Waals surface area contributed by atoms with Crippen LogP contribution in [0.4, 0.5) is 4.39 Å². The Morgan fingerprint density at radius 3 is 2.70 bits per heavy atom. The van der Waals surface area contributed by atoms with Crippen LogP contribution < -0.4 is 0 Å². The molecule has 0 bridgehead atoms. The minimum absolute atomic E-state index is 0.00493. The number of imidazole rings is 1. The third-order valence-corrected chi connectivity index (χ3v) is 5.18. The van der Waals surface area contributed by atoms with Crippen molar-refractivity contribution in [3.63, 3.8) is 0 Å². The van der Waals surface area contributed by atoms with Crippen molar-refractivity contribution >= 4 is 28.7 Å². The lowest BCUT2D eigenvalue weighted by Gasteiger charge is -2.17. The Bertz CT molecular complexity index is 911. The van der Waals surface area contributed by atoms with Crippen molar-refractivity contribution in [2.45, 2.75) is 18.2 Å². The Hall–Kier alpha value is -2.38. The number of carbonyl (C=O) groups excluding carboxylic acids is 1. The molecule has 0 radical (unpaired) electrons. The lowest BCUT2D eigenvalue weighted by Crippen LogP contribution is -2.28. The lowest BCUT2D eigenvalue weighted by molar-refractivity contribution is -0.127. The van der Waals surface area contributed by atoms with Crippen LogP contribution in [-0.4, -0.2) is 46.9 Å². The third-order valence-electron chi connectivity index (χ3n) is 4.22. The van der Waals surface area contributed by atoms with Crippen LogP contribution in [0.2, 0.25) is 0 Å². The molecule has 0 saturated heterocycles. The fraction of sp³-hybridized carbons (Fsp3) is 0.300. The van der Waals surface area contributed by atoms with Gasteiger partial charge in [0.1, 0.15) is 5.82 Å². The first kappa shape index (κ1) is 19.4. The van der Waals surface area contributed by atoms with Crippen molar-refractivity contribution in [1.82, 2.24) is 14.5 Å². The van der Waals surface area contributed by atoms with E-state index >= 15 is 0 Å². The van der Waals surface area contributed by atoms with E-state index in [2.05, 4.69) is 9.55 Å². The number of fused-ring (bicyclic) bond motifs is 1. The van der Waals surface area contributed by atoms with E-state index in [0.29, 0.717) is 19.7 Å². The molecule has 1 heterocycles. The van der Waals surface area contributed by atoms with Crippen molar-refractivity contribution in [3.8, 4) is 0 Å². The van der Waals surface area contributed by atoms with Gasteiger partial charge < -0.3 is 14.2 Å². The van der Waals surface area contributed by atoms with Crippen LogP contribution in [-0.2, 0) is 22.6 Å². The van der Waals surface area contributed by atoms with Gasteiger partial charge in [-0.2, -0.15) is 0 Å².